The molecule has 2 aromatic carbocycles. The molecule has 0 fully saturated rings. The molecule has 0 unspecified atom stereocenters. The normalized spacial score (nSPS) is 12.0. The van der Waals surface area contributed by atoms with Crippen molar-refractivity contribution in [3.8, 4) is 22.4 Å². The summed E-state index contributed by atoms with van der Waals surface area (Å²) in [5.74, 6) is 8.50. The molecule has 2 heteroatoms. The quantitative estimate of drug-likeness (QED) is 0.349. The molecule has 0 radical (unpaired) electrons. The predicted molar refractivity (Wildman–Crippen MR) is 130 cm³/mol. The first-order chi connectivity index (χ1) is 13.7. The van der Waals surface area contributed by atoms with Crippen molar-refractivity contribution in [1.29, 1.82) is 0 Å². The van der Waals surface area contributed by atoms with Gasteiger partial charge in [-0.25, -0.2) is 0 Å². The Morgan fingerprint density at radius 3 is 1.86 bits per heavy atom. The van der Waals surface area contributed by atoms with Gasteiger partial charge in [-0.15, -0.1) is 0 Å². The van der Waals surface area contributed by atoms with Gasteiger partial charge in [0, 0.05) is 0 Å². The zero-order chi connectivity index (χ0) is 21.2. The van der Waals surface area contributed by atoms with E-state index in [4.69, 9.17) is 0 Å². The van der Waals surface area contributed by atoms with Crippen molar-refractivity contribution in [1.82, 2.24) is 4.98 Å². The van der Waals surface area contributed by atoms with E-state index in [0.29, 0.717) is 11.8 Å². The maximum atomic E-state index is 4.66. The Balaban J connectivity index is 2.20. The molecule has 0 bridgehead atoms. The van der Waals surface area contributed by atoms with Gasteiger partial charge < -0.3 is 0 Å². The van der Waals surface area contributed by atoms with Crippen LogP contribution in [0.3, 0.4) is 0 Å². The first-order valence-corrected chi connectivity index (χ1v) is 18.6. The molecule has 0 N–H and O–H groups in total. The topological polar surface area (TPSA) is 12.9 Å². The van der Waals surface area contributed by atoms with E-state index in [2.05, 4.69) is 105 Å². The second-order valence-electron chi connectivity index (χ2n) is 9.99. The molecule has 0 amide bonds. The molecule has 1 nitrogen and oxygen atoms in total. The van der Waals surface area contributed by atoms with Gasteiger partial charge in [0.15, 0.2) is 0 Å². The van der Waals surface area contributed by atoms with Crippen molar-refractivity contribution in [2.75, 3.05) is 0 Å². The van der Waals surface area contributed by atoms with Gasteiger partial charge in [-0.2, -0.15) is 0 Å². The van der Waals surface area contributed by atoms with Crippen LogP contribution in [0.2, 0.25) is 17.3 Å². The van der Waals surface area contributed by atoms with Gasteiger partial charge in [0.25, 0.3) is 0 Å². The fraction of sp³-hybridized carbons (Fsp3) is 0.370. The number of rotatable bonds is 6. The minimum absolute atomic E-state index is 0.489. The van der Waals surface area contributed by atoms with Crippen molar-refractivity contribution >= 4 is 13.3 Å². The summed E-state index contributed by atoms with van der Waals surface area (Å²) in [7, 11) is 0. The molecule has 152 valence electrons. The van der Waals surface area contributed by atoms with Gasteiger partial charge in [0.1, 0.15) is 0 Å². The summed E-state index contributed by atoms with van der Waals surface area (Å²) < 4.78 is 0. The molecule has 0 aliphatic heterocycles. The molecule has 3 aromatic rings. The monoisotopic (exact) mass is 447 g/mol. The van der Waals surface area contributed by atoms with Crippen LogP contribution >= 0.6 is 0 Å². The Morgan fingerprint density at radius 1 is 0.759 bits per heavy atom. The van der Waals surface area contributed by atoms with Crippen LogP contribution < -0.4 is 0 Å². The number of aromatic nitrogens is 1. The first-order valence-electron chi connectivity index (χ1n) is 10.8. The van der Waals surface area contributed by atoms with Gasteiger partial charge in [-0.1, -0.05) is 0 Å². The van der Waals surface area contributed by atoms with Crippen LogP contribution in [0.1, 0.15) is 56.2 Å². The van der Waals surface area contributed by atoms with E-state index in [-0.39, 0.29) is 0 Å². The molecule has 0 atom stereocenters. The van der Waals surface area contributed by atoms with Gasteiger partial charge in [-0.3, -0.25) is 0 Å². The van der Waals surface area contributed by atoms with Crippen LogP contribution in [-0.4, -0.2) is 18.3 Å². The third-order valence-corrected chi connectivity index (χ3v) is 8.44. The average Bonchev–Trinajstić information content (AvgIpc) is 2.66. The fourth-order valence-electron chi connectivity index (χ4n) is 4.06. The van der Waals surface area contributed by atoms with E-state index in [0.717, 1.165) is 5.69 Å². The van der Waals surface area contributed by atoms with Crippen molar-refractivity contribution < 1.29 is 0 Å². The van der Waals surface area contributed by atoms with E-state index in [1.165, 1.54) is 38.6 Å². The van der Waals surface area contributed by atoms with Gasteiger partial charge >= 0.3 is 180 Å². The van der Waals surface area contributed by atoms with Crippen LogP contribution in [0, 0.1) is 0 Å². The maximum absolute atomic E-state index is 4.66. The summed E-state index contributed by atoms with van der Waals surface area (Å²) in [5, 5.41) is 1.28. The molecule has 29 heavy (non-hydrogen) atoms. The Bertz CT molecular complexity index is 936. The molecule has 1 aromatic heterocycles. The molecule has 0 spiro atoms. The molecular weight excluding hydrogens is 411 g/mol. The number of hydrogen-bond acceptors (Lipinski definition) is 1. The van der Waals surface area contributed by atoms with Crippen LogP contribution in [0.5, 0.6) is 0 Å². The van der Waals surface area contributed by atoms with Crippen molar-refractivity contribution in [3.63, 3.8) is 0 Å². The Kier molecular flexibility index (Phi) is 6.68. The van der Waals surface area contributed by atoms with Crippen LogP contribution in [0.4, 0.5) is 0 Å². The fourth-order valence-corrected chi connectivity index (χ4v) is 7.06. The SMILES string of the molecule is CC(C)c1cc([CH2][Ge]([CH3])([CH3])[CH3])cc(C(C)C)c1-c1ccnc(-c2ccccc2)c1. The van der Waals surface area contributed by atoms with Gasteiger partial charge in [0.05, 0.1) is 0 Å². The van der Waals surface area contributed by atoms with E-state index in [1.54, 1.807) is 0 Å². The summed E-state index contributed by atoms with van der Waals surface area (Å²) in [6.07, 6.45) is 1.96. The van der Waals surface area contributed by atoms with E-state index >= 15 is 0 Å². The number of pyridine rings is 1. The minimum atomic E-state index is -1.68. The average molecular weight is 446 g/mol. The molecule has 1 heterocycles. The first kappa shape index (κ1) is 21.8. The Labute approximate surface area is 180 Å². The van der Waals surface area contributed by atoms with Crippen molar-refractivity contribution in [2.24, 2.45) is 0 Å². The third kappa shape index (κ3) is 5.39. The summed E-state index contributed by atoms with van der Waals surface area (Å²) in [6.45, 7) is 9.30. The zero-order valence-corrected chi connectivity index (χ0v) is 21.2. The molecular formula is C27H35GeN. The number of benzene rings is 2. The number of hydrogen-bond donors (Lipinski definition) is 0. The predicted octanol–water partition coefficient (Wildman–Crippen LogP) is 8.08. The van der Waals surface area contributed by atoms with E-state index < -0.39 is 13.3 Å². The molecule has 0 saturated heterocycles. The molecule has 0 aliphatic rings. The summed E-state index contributed by atoms with van der Waals surface area (Å²) in [4.78, 5) is 4.66. The van der Waals surface area contributed by atoms with Gasteiger partial charge in [0.2, 0.25) is 0 Å². The van der Waals surface area contributed by atoms with Crippen LogP contribution in [0.25, 0.3) is 22.4 Å². The third-order valence-electron chi connectivity index (χ3n) is 5.36. The zero-order valence-electron chi connectivity index (χ0n) is 19.1. The van der Waals surface area contributed by atoms with Gasteiger partial charge in [-0.05, 0) is 0 Å². The van der Waals surface area contributed by atoms with Crippen LogP contribution in [-0.2, 0) is 5.25 Å². The summed E-state index contributed by atoms with van der Waals surface area (Å²) in [6, 6.07) is 19.9. The second-order valence-corrected chi connectivity index (χ2v) is 21.5. The molecule has 0 saturated carbocycles. The Morgan fingerprint density at radius 2 is 1.34 bits per heavy atom. The Hall–Kier alpha value is -1.87. The molecule has 3 rings (SSSR count). The number of nitrogens with zero attached hydrogens (tertiary/aromatic N) is 1. The summed E-state index contributed by atoms with van der Waals surface area (Å²) in [5.41, 5.74) is 9.40. The summed E-state index contributed by atoms with van der Waals surface area (Å²) >= 11 is -1.68. The van der Waals surface area contributed by atoms with Crippen molar-refractivity contribution in [3.05, 3.63) is 77.5 Å². The van der Waals surface area contributed by atoms with Crippen molar-refractivity contribution in [2.45, 2.75) is 62.1 Å². The standard InChI is InChI=1S/C27H35GeN/c1-19(2)24-15-21(18-28(5,6)7)16-25(20(3)4)27(24)23-13-14-29-26(17-23)22-11-9-8-10-12-22/h8-17,19-20H,18H2,1-7H3. The molecule has 0 aliphatic carbocycles. The second kappa shape index (κ2) is 8.87. The van der Waals surface area contributed by atoms with Crippen LogP contribution in [0.15, 0.2) is 60.8 Å². The van der Waals surface area contributed by atoms with E-state index in [9.17, 15) is 0 Å². The van der Waals surface area contributed by atoms with E-state index in [1.807, 2.05) is 6.20 Å².